The van der Waals surface area contributed by atoms with Crippen LogP contribution in [0.25, 0.3) is 0 Å². The smallest absolute Gasteiger partial charge is 0.272 e. The van der Waals surface area contributed by atoms with Gasteiger partial charge in [-0.1, -0.05) is 36.7 Å². The molecular weight excluding hydrogens is 374 g/mol. The number of rotatable bonds is 6. The van der Waals surface area contributed by atoms with Gasteiger partial charge in [0.2, 0.25) is 0 Å². The summed E-state index contributed by atoms with van der Waals surface area (Å²) >= 11 is 5.98. The minimum Gasteiger partial charge on any atom is -0.350 e. The second kappa shape index (κ2) is 9.69. The van der Waals surface area contributed by atoms with Crippen LogP contribution >= 0.6 is 11.6 Å². The highest BCUT2D eigenvalue weighted by Crippen LogP contribution is 2.21. The molecule has 1 unspecified atom stereocenters. The summed E-state index contributed by atoms with van der Waals surface area (Å²) < 4.78 is 0. The number of carbonyl (C=O) groups is 2. The molecule has 1 aromatic carbocycles. The predicted molar refractivity (Wildman–Crippen MR) is 111 cm³/mol. The van der Waals surface area contributed by atoms with E-state index in [1.807, 2.05) is 29.2 Å². The molecule has 148 valence electrons. The maximum atomic E-state index is 12.9. The molecule has 0 radical (unpaired) electrons. The van der Waals surface area contributed by atoms with Gasteiger partial charge in [-0.15, -0.1) is 0 Å². The van der Waals surface area contributed by atoms with Crippen LogP contribution in [-0.4, -0.2) is 40.8 Å². The molecule has 28 heavy (non-hydrogen) atoms. The van der Waals surface area contributed by atoms with E-state index in [9.17, 15) is 9.59 Å². The summed E-state index contributed by atoms with van der Waals surface area (Å²) in [6, 6.07) is 12.9. The second-order valence-corrected chi connectivity index (χ2v) is 7.54. The van der Waals surface area contributed by atoms with Gasteiger partial charge in [0, 0.05) is 24.2 Å². The number of likely N-dealkylation sites (tertiary alicyclic amines) is 1. The maximum Gasteiger partial charge on any atom is 0.272 e. The Bertz CT molecular complexity index is 840. The minimum absolute atomic E-state index is 0.0832. The molecule has 0 bridgehead atoms. The number of nitrogens with zero attached hydrogens (tertiary/aromatic N) is 2. The summed E-state index contributed by atoms with van der Waals surface area (Å²) in [5.41, 5.74) is 1.66. The third-order valence-corrected chi connectivity index (χ3v) is 5.38. The van der Waals surface area contributed by atoms with Crippen molar-refractivity contribution >= 4 is 23.4 Å². The van der Waals surface area contributed by atoms with Crippen molar-refractivity contribution in [1.29, 1.82) is 0 Å². The van der Waals surface area contributed by atoms with Gasteiger partial charge in [-0.05, 0) is 61.9 Å². The van der Waals surface area contributed by atoms with Crippen molar-refractivity contribution in [3.63, 3.8) is 0 Å². The van der Waals surface area contributed by atoms with Gasteiger partial charge in [0.25, 0.3) is 11.8 Å². The predicted octanol–water partition coefficient (Wildman–Crippen LogP) is 4.11. The zero-order valence-electron chi connectivity index (χ0n) is 16.2. The maximum absolute atomic E-state index is 12.9. The normalized spacial score (nSPS) is 16.6. The van der Waals surface area contributed by atoms with Crippen molar-refractivity contribution in [1.82, 2.24) is 15.2 Å². The number of benzene rings is 1. The van der Waals surface area contributed by atoms with E-state index in [-0.39, 0.29) is 23.6 Å². The highest BCUT2D eigenvalue weighted by Gasteiger charge is 2.27. The Morgan fingerprint density at radius 3 is 2.75 bits per heavy atom. The molecule has 5 nitrogen and oxygen atoms in total. The van der Waals surface area contributed by atoms with E-state index in [1.54, 1.807) is 18.2 Å². The Kier molecular flexibility index (Phi) is 7.04. The molecule has 0 aliphatic carbocycles. The fourth-order valence-electron chi connectivity index (χ4n) is 3.62. The van der Waals surface area contributed by atoms with Gasteiger partial charge in [-0.2, -0.15) is 0 Å². The van der Waals surface area contributed by atoms with Crippen LogP contribution in [0.3, 0.4) is 0 Å². The van der Waals surface area contributed by atoms with Crippen molar-refractivity contribution < 1.29 is 9.59 Å². The number of aromatic nitrogens is 1. The van der Waals surface area contributed by atoms with Crippen molar-refractivity contribution in [2.24, 2.45) is 0 Å². The largest absolute Gasteiger partial charge is 0.350 e. The van der Waals surface area contributed by atoms with Crippen LogP contribution < -0.4 is 5.32 Å². The standard InChI is InChI=1S/C22H26ClN3O2/c1-2-18-9-3-4-14-26(18)22(28)20-11-6-10-19(25-20)21(27)24-13-12-16-7-5-8-17(23)15-16/h5-8,10-11,15,18H,2-4,9,12-14H2,1H3,(H,24,27). The van der Waals surface area contributed by atoms with Crippen LogP contribution in [0.15, 0.2) is 42.5 Å². The lowest BCUT2D eigenvalue weighted by atomic mass is 9.99. The minimum atomic E-state index is -0.276. The number of pyridine rings is 1. The summed E-state index contributed by atoms with van der Waals surface area (Å²) in [5.74, 6) is -0.359. The quantitative estimate of drug-likeness (QED) is 0.794. The zero-order valence-corrected chi connectivity index (χ0v) is 16.9. The highest BCUT2D eigenvalue weighted by molar-refractivity contribution is 6.30. The summed E-state index contributed by atoms with van der Waals surface area (Å²) in [4.78, 5) is 31.6. The first-order chi connectivity index (χ1) is 13.6. The van der Waals surface area contributed by atoms with Crippen LogP contribution in [-0.2, 0) is 6.42 Å². The number of amides is 2. The van der Waals surface area contributed by atoms with E-state index in [2.05, 4.69) is 17.2 Å². The monoisotopic (exact) mass is 399 g/mol. The second-order valence-electron chi connectivity index (χ2n) is 7.10. The van der Waals surface area contributed by atoms with E-state index >= 15 is 0 Å². The van der Waals surface area contributed by atoms with Crippen molar-refractivity contribution in [2.45, 2.75) is 45.1 Å². The highest BCUT2D eigenvalue weighted by atomic mass is 35.5. The molecule has 0 saturated carbocycles. The lowest BCUT2D eigenvalue weighted by Gasteiger charge is -2.35. The Morgan fingerprint density at radius 1 is 1.18 bits per heavy atom. The molecule has 6 heteroatoms. The summed E-state index contributed by atoms with van der Waals surface area (Å²) in [6.45, 7) is 3.34. The Labute approximate surface area is 171 Å². The van der Waals surface area contributed by atoms with Crippen molar-refractivity contribution in [3.8, 4) is 0 Å². The summed E-state index contributed by atoms with van der Waals surface area (Å²) in [7, 11) is 0. The first kappa shape index (κ1) is 20.3. The fraction of sp³-hybridized carbons (Fsp3) is 0.409. The van der Waals surface area contributed by atoms with Crippen LogP contribution in [0, 0.1) is 0 Å². The lowest BCUT2D eigenvalue weighted by molar-refractivity contribution is 0.0602. The Morgan fingerprint density at radius 2 is 1.96 bits per heavy atom. The zero-order chi connectivity index (χ0) is 19.9. The van der Waals surface area contributed by atoms with Gasteiger partial charge in [0.05, 0.1) is 0 Å². The van der Waals surface area contributed by atoms with Gasteiger partial charge in [-0.25, -0.2) is 4.98 Å². The number of halogens is 1. The summed E-state index contributed by atoms with van der Waals surface area (Å²) in [6.07, 6.45) is 4.83. The average molecular weight is 400 g/mol. The first-order valence-corrected chi connectivity index (χ1v) is 10.3. The first-order valence-electron chi connectivity index (χ1n) is 9.89. The van der Waals surface area contributed by atoms with Crippen molar-refractivity contribution in [3.05, 3.63) is 64.4 Å². The summed E-state index contributed by atoms with van der Waals surface area (Å²) in [5, 5.41) is 3.54. The van der Waals surface area contributed by atoms with Gasteiger partial charge < -0.3 is 10.2 Å². The molecule has 2 amide bonds. The van der Waals surface area contributed by atoms with Crippen molar-refractivity contribution in [2.75, 3.05) is 13.1 Å². The lowest BCUT2D eigenvalue weighted by Crippen LogP contribution is -2.43. The fourth-order valence-corrected chi connectivity index (χ4v) is 3.84. The molecule has 1 aromatic heterocycles. The topological polar surface area (TPSA) is 62.3 Å². The average Bonchev–Trinajstić information content (AvgIpc) is 2.73. The van der Waals surface area contributed by atoms with E-state index in [4.69, 9.17) is 11.6 Å². The molecule has 1 saturated heterocycles. The number of carbonyl (C=O) groups excluding carboxylic acids is 2. The van der Waals surface area contributed by atoms with E-state index in [0.717, 1.165) is 37.8 Å². The third-order valence-electron chi connectivity index (χ3n) is 5.15. The Hall–Kier alpha value is -2.40. The third kappa shape index (κ3) is 5.10. The van der Waals surface area contributed by atoms with Gasteiger partial charge in [0.1, 0.15) is 11.4 Å². The molecule has 1 atom stereocenters. The van der Waals surface area contributed by atoms with Crippen LogP contribution in [0.2, 0.25) is 5.02 Å². The number of nitrogens with one attached hydrogen (secondary N) is 1. The molecule has 2 aromatic rings. The van der Waals surface area contributed by atoms with Gasteiger partial charge in [-0.3, -0.25) is 9.59 Å². The molecule has 1 aliphatic rings. The molecular formula is C22H26ClN3O2. The molecule has 1 aliphatic heterocycles. The van der Waals surface area contributed by atoms with Gasteiger partial charge in [0.15, 0.2) is 0 Å². The number of hydrogen-bond acceptors (Lipinski definition) is 3. The molecule has 1 N–H and O–H groups in total. The van der Waals surface area contributed by atoms with Crippen LogP contribution in [0.5, 0.6) is 0 Å². The van der Waals surface area contributed by atoms with Crippen LogP contribution in [0.4, 0.5) is 0 Å². The van der Waals surface area contributed by atoms with E-state index in [0.29, 0.717) is 23.7 Å². The molecule has 0 spiro atoms. The SMILES string of the molecule is CCC1CCCCN1C(=O)c1cccc(C(=O)NCCc2cccc(Cl)c2)n1. The van der Waals surface area contributed by atoms with E-state index < -0.39 is 0 Å². The number of hydrogen-bond donors (Lipinski definition) is 1. The molecule has 3 rings (SSSR count). The number of piperidine rings is 1. The Balaban J connectivity index is 1.61. The van der Waals surface area contributed by atoms with Gasteiger partial charge >= 0.3 is 0 Å². The molecule has 1 fully saturated rings. The van der Waals surface area contributed by atoms with Crippen LogP contribution in [0.1, 0.15) is 59.1 Å². The molecule has 2 heterocycles. The van der Waals surface area contributed by atoms with E-state index in [1.165, 1.54) is 0 Å².